The number of anilines is 1. The summed E-state index contributed by atoms with van der Waals surface area (Å²) >= 11 is 5.78. The molecule has 22 heavy (non-hydrogen) atoms. The van der Waals surface area contributed by atoms with Gasteiger partial charge in [0.05, 0.1) is 18.1 Å². The quantitative estimate of drug-likeness (QED) is 0.937. The van der Waals surface area contributed by atoms with Gasteiger partial charge in [0.1, 0.15) is 29.1 Å². The normalized spacial score (nSPS) is 14.5. The van der Waals surface area contributed by atoms with Crippen molar-refractivity contribution in [2.45, 2.75) is 6.10 Å². The van der Waals surface area contributed by atoms with Crippen LogP contribution in [0.4, 0.5) is 10.2 Å². The Hall–Kier alpha value is -2.34. The molecule has 0 radical (unpaired) electrons. The molecule has 1 saturated heterocycles. The maximum absolute atomic E-state index is 12.8. The molecule has 1 aromatic carbocycles. The van der Waals surface area contributed by atoms with E-state index in [1.807, 2.05) is 0 Å². The third-order valence-electron chi connectivity index (χ3n) is 3.33. The summed E-state index contributed by atoms with van der Waals surface area (Å²) in [7, 11) is 0. The predicted octanol–water partition coefficient (Wildman–Crippen LogP) is 2.84. The van der Waals surface area contributed by atoms with Crippen LogP contribution in [-0.2, 0) is 0 Å². The summed E-state index contributed by atoms with van der Waals surface area (Å²) in [5.74, 6) is -0.448. The molecule has 0 spiro atoms. The highest BCUT2D eigenvalue weighted by Gasteiger charge is 2.32. The van der Waals surface area contributed by atoms with Crippen molar-refractivity contribution in [3.05, 3.63) is 52.9 Å². The smallest absolute Gasteiger partial charge is 0.339 e. The fourth-order valence-electron chi connectivity index (χ4n) is 2.23. The van der Waals surface area contributed by atoms with E-state index in [4.69, 9.17) is 16.3 Å². The van der Waals surface area contributed by atoms with Gasteiger partial charge in [0, 0.05) is 6.20 Å². The number of aromatic carboxylic acids is 1. The molecule has 0 atom stereocenters. The summed E-state index contributed by atoms with van der Waals surface area (Å²) in [6.45, 7) is 1.01. The molecule has 0 unspecified atom stereocenters. The lowest BCUT2D eigenvalue weighted by atomic mass is 10.1. The molecule has 0 saturated carbocycles. The predicted molar refractivity (Wildman–Crippen MR) is 79.2 cm³/mol. The van der Waals surface area contributed by atoms with E-state index >= 15 is 0 Å². The molecule has 5 nitrogen and oxygen atoms in total. The Morgan fingerprint density at radius 2 is 2.05 bits per heavy atom. The molecular weight excluding hydrogens is 311 g/mol. The van der Waals surface area contributed by atoms with Crippen molar-refractivity contribution >= 4 is 23.4 Å². The number of benzene rings is 1. The van der Waals surface area contributed by atoms with Gasteiger partial charge in [0.25, 0.3) is 0 Å². The van der Waals surface area contributed by atoms with E-state index in [2.05, 4.69) is 4.98 Å². The molecule has 0 bridgehead atoms. The number of hydrogen-bond donors (Lipinski definition) is 1. The van der Waals surface area contributed by atoms with Crippen LogP contribution in [0.1, 0.15) is 10.4 Å². The van der Waals surface area contributed by atoms with Crippen molar-refractivity contribution < 1.29 is 19.0 Å². The van der Waals surface area contributed by atoms with Crippen LogP contribution >= 0.6 is 11.6 Å². The van der Waals surface area contributed by atoms with Gasteiger partial charge in [-0.3, -0.25) is 0 Å². The van der Waals surface area contributed by atoms with Gasteiger partial charge in [-0.25, -0.2) is 14.2 Å². The SMILES string of the molecule is O=C(O)c1cc(Cl)cnc1N1CC(Oc2ccc(F)cc2)C1. The van der Waals surface area contributed by atoms with E-state index in [9.17, 15) is 14.3 Å². The molecule has 2 aromatic rings. The zero-order valence-electron chi connectivity index (χ0n) is 11.4. The molecule has 1 fully saturated rings. The highest BCUT2D eigenvalue weighted by molar-refractivity contribution is 6.30. The van der Waals surface area contributed by atoms with E-state index in [1.54, 1.807) is 17.0 Å². The topological polar surface area (TPSA) is 62.7 Å². The third kappa shape index (κ3) is 2.96. The highest BCUT2D eigenvalue weighted by Crippen LogP contribution is 2.27. The third-order valence-corrected chi connectivity index (χ3v) is 3.53. The zero-order chi connectivity index (χ0) is 15.7. The number of carbonyl (C=O) groups is 1. The maximum Gasteiger partial charge on any atom is 0.339 e. The molecule has 1 aliphatic heterocycles. The van der Waals surface area contributed by atoms with Crippen LogP contribution in [-0.4, -0.2) is 35.3 Å². The Morgan fingerprint density at radius 1 is 1.36 bits per heavy atom. The molecular formula is C15H12ClFN2O3. The molecule has 7 heteroatoms. The molecule has 1 aromatic heterocycles. The number of hydrogen-bond acceptors (Lipinski definition) is 4. The minimum Gasteiger partial charge on any atom is -0.487 e. The Bertz CT molecular complexity index is 702. The summed E-state index contributed by atoms with van der Waals surface area (Å²) in [5, 5.41) is 9.47. The number of carboxylic acid groups (broad SMARTS) is 1. The first kappa shape index (κ1) is 14.6. The fourth-order valence-corrected chi connectivity index (χ4v) is 2.39. The summed E-state index contributed by atoms with van der Waals surface area (Å²) in [6.07, 6.45) is 1.32. The van der Waals surface area contributed by atoms with Crippen molar-refractivity contribution in [2.75, 3.05) is 18.0 Å². The molecule has 114 valence electrons. The van der Waals surface area contributed by atoms with Gasteiger partial charge in [-0.15, -0.1) is 0 Å². The monoisotopic (exact) mass is 322 g/mol. The van der Waals surface area contributed by atoms with Gasteiger partial charge < -0.3 is 14.7 Å². The number of nitrogens with zero attached hydrogens (tertiary/aromatic N) is 2. The van der Waals surface area contributed by atoms with E-state index in [1.165, 1.54) is 24.4 Å². The Kier molecular flexibility index (Phi) is 3.85. The van der Waals surface area contributed by atoms with Gasteiger partial charge >= 0.3 is 5.97 Å². The average molecular weight is 323 g/mol. The van der Waals surface area contributed by atoms with Gasteiger partial charge in [0.2, 0.25) is 0 Å². The highest BCUT2D eigenvalue weighted by atomic mass is 35.5. The van der Waals surface area contributed by atoms with Crippen molar-refractivity contribution in [1.82, 2.24) is 4.98 Å². The van der Waals surface area contributed by atoms with Crippen LogP contribution in [0.5, 0.6) is 5.75 Å². The van der Waals surface area contributed by atoms with Crippen molar-refractivity contribution in [1.29, 1.82) is 0 Å². The lowest BCUT2D eigenvalue weighted by Gasteiger charge is -2.40. The number of pyridine rings is 1. The second-order valence-electron chi connectivity index (χ2n) is 4.93. The first-order chi connectivity index (χ1) is 10.5. The van der Waals surface area contributed by atoms with Crippen LogP contribution in [0, 0.1) is 5.82 Å². The molecule has 3 rings (SSSR count). The average Bonchev–Trinajstić information content (AvgIpc) is 2.45. The first-order valence-electron chi connectivity index (χ1n) is 6.59. The number of halogens is 2. The second kappa shape index (κ2) is 5.81. The van der Waals surface area contributed by atoms with Crippen molar-refractivity contribution in [2.24, 2.45) is 0 Å². The van der Waals surface area contributed by atoms with Crippen molar-refractivity contribution in [3.8, 4) is 5.75 Å². The van der Waals surface area contributed by atoms with Crippen LogP contribution in [0.3, 0.4) is 0 Å². The summed E-state index contributed by atoms with van der Waals surface area (Å²) < 4.78 is 18.5. The van der Waals surface area contributed by atoms with Crippen molar-refractivity contribution in [3.63, 3.8) is 0 Å². The molecule has 2 heterocycles. The van der Waals surface area contributed by atoms with Gasteiger partial charge in [0.15, 0.2) is 0 Å². The standard InChI is InChI=1S/C15H12ClFN2O3/c16-9-5-13(15(20)21)14(18-6-9)19-7-12(8-19)22-11-3-1-10(17)2-4-11/h1-6,12H,7-8H2,(H,20,21). The Labute approximate surface area is 130 Å². The first-order valence-corrected chi connectivity index (χ1v) is 6.97. The largest absolute Gasteiger partial charge is 0.487 e. The molecule has 1 N–H and O–H groups in total. The van der Waals surface area contributed by atoms with Crippen LogP contribution < -0.4 is 9.64 Å². The maximum atomic E-state index is 12.8. The van der Waals surface area contributed by atoms with E-state index in [0.29, 0.717) is 24.7 Å². The van der Waals surface area contributed by atoms with Crippen LogP contribution in [0.25, 0.3) is 0 Å². The minimum absolute atomic E-state index is 0.0627. The molecule has 0 aliphatic carbocycles. The van der Waals surface area contributed by atoms with Crippen LogP contribution in [0.15, 0.2) is 36.5 Å². The lowest BCUT2D eigenvalue weighted by molar-refractivity contribution is 0.0696. The Balaban J connectivity index is 1.66. The number of rotatable bonds is 4. The van der Waals surface area contributed by atoms with Gasteiger partial charge in [-0.2, -0.15) is 0 Å². The summed E-state index contributed by atoms with van der Waals surface area (Å²) in [6, 6.07) is 7.15. The summed E-state index contributed by atoms with van der Waals surface area (Å²) in [5.41, 5.74) is 0.0627. The fraction of sp³-hybridized carbons (Fsp3) is 0.200. The summed E-state index contributed by atoms with van der Waals surface area (Å²) in [4.78, 5) is 17.1. The van der Waals surface area contributed by atoms with Gasteiger partial charge in [-0.1, -0.05) is 11.6 Å². The number of aromatic nitrogens is 1. The number of ether oxygens (including phenoxy) is 1. The van der Waals surface area contributed by atoms with E-state index in [0.717, 1.165) is 0 Å². The molecule has 0 amide bonds. The van der Waals surface area contributed by atoms with E-state index < -0.39 is 5.97 Å². The van der Waals surface area contributed by atoms with Gasteiger partial charge in [-0.05, 0) is 30.3 Å². The Morgan fingerprint density at radius 3 is 2.68 bits per heavy atom. The zero-order valence-corrected chi connectivity index (χ0v) is 12.1. The lowest BCUT2D eigenvalue weighted by Crippen LogP contribution is -2.54. The van der Waals surface area contributed by atoms with E-state index in [-0.39, 0.29) is 22.5 Å². The number of carboxylic acids is 1. The second-order valence-corrected chi connectivity index (χ2v) is 5.37. The minimum atomic E-state index is -1.08. The van der Waals surface area contributed by atoms with Crippen LogP contribution in [0.2, 0.25) is 5.02 Å². The molecule has 1 aliphatic rings.